The van der Waals surface area contributed by atoms with Crippen LogP contribution in [0.25, 0.3) is 0 Å². The lowest BCUT2D eigenvalue weighted by Gasteiger charge is -2.25. The molecule has 1 atom stereocenters. The number of carboxylic acid groups (broad SMARTS) is 1. The number of carboxylic acids is 1. The molecule has 0 aliphatic carbocycles. The number of carbonyl (C=O) groups excluding carboxylic acids is 1. The maximum atomic E-state index is 11.9. The van der Waals surface area contributed by atoms with Crippen LogP contribution < -0.4 is 5.32 Å². The molecule has 0 aliphatic rings. The predicted octanol–water partition coefficient (Wildman–Crippen LogP) is -0.447. The van der Waals surface area contributed by atoms with Gasteiger partial charge in [-0.15, -0.1) is 0 Å². The first-order chi connectivity index (χ1) is 7.28. The van der Waals surface area contributed by atoms with Gasteiger partial charge >= 0.3 is 18.1 Å². The molecule has 10 heteroatoms. The molecule has 0 radical (unpaired) electrons. The average Bonchev–Trinajstić information content (AvgIpc) is 1.97. The number of hydrogen-bond acceptors (Lipinski definition) is 4. The van der Waals surface area contributed by atoms with Crippen LogP contribution >= 0.6 is 0 Å². The van der Waals surface area contributed by atoms with Crippen molar-refractivity contribution >= 4 is 21.7 Å². The fourth-order valence-corrected chi connectivity index (χ4v) is 2.24. The van der Waals surface area contributed by atoms with Crippen molar-refractivity contribution in [2.45, 2.75) is 18.6 Å². The van der Waals surface area contributed by atoms with Crippen LogP contribution in [0, 0.1) is 0 Å². The van der Waals surface area contributed by atoms with Crippen molar-refractivity contribution in [3.63, 3.8) is 0 Å². The van der Waals surface area contributed by atoms with E-state index >= 15 is 0 Å². The number of amides is 1. The quantitative estimate of drug-likeness (QED) is 0.725. The minimum absolute atomic E-state index is 0.647. The van der Waals surface area contributed by atoms with Gasteiger partial charge in [0.2, 0.25) is 0 Å². The number of alkyl halides is 3. The predicted molar refractivity (Wildman–Crippen MR) is 49.9 cm³/mol. The van der Waals surface area contributed by atoms with Crippen LogP contribution in [-0.2, 0) is 19.4 Å². The fraction of sp³-hybridized carbons (Fsp3) is 0.714. The first-order valence-electron chi connectivity index (χ1n) is 4.08. The molecule has 0 bridgehead atoms. The third-order valence-electron chi connectivity index (χ3n) is 1.67. The Labute approximate surface area is 94.7 Å². The Bertz CT molecular complexity index is 429. The number of halogens is 3. The summed E-state index contributed by atoms with van der Waals surface area (Å²) in [6, 6.07) is 0. The minimum Gasteiger partial charge on any atom is -0.479 e. The molecule has 2 N–H and O–H groups in total. The van der Waals surface area contributed by atoms with Gasteiger partial charge in [-0.05, 0) is 6.92 Å². The Morgan fingerprint density at radius 2 is 1.71 bits per heavy atom. The van der Waals surface area contributed by atoms with E-state index in [1.807, 2.05) is 0 Å². The van der Waals surface area contributed by atoms with Crippen molar-refractivity contribution in [1.82, 2.24) is 5.32 Å². The number of rotatable bonds is 4. The molecule has 0 aromatic heterocycles. The summed E-state index contributed by atoms with van der Waals surface area (Å²) in [4.78, 5) is 21.3. The second-order valence-corrected chi connectivity index (χ2v) is 5.80. The Morgan fingerprint density at radius 3 is 1.94 bits per heavy atom. The molecular formula is C7H10F3NO5S. The summed E-state index contributed by atoms with van der Waals surface area (Å²) in [5, 5.41) is 9.81. The summed E-state index contributed by atoms with van der Waals surface area (Å²) < 4.78 is 57.5. The number of aliphatic carboxylic acids is 1. The maximum absolute atomic E-state index is 11.9. The molecule has 1 amide bonds. The van der Waals surface area contributed by atoms with Crippen molar-refractivity contribution in [1.29, 1.82) is 0 Å². The van der Waals surface area contributed by atoms with Gasteiger partial charge in [-0.3, -0.25) is 4.79 Å². The highest BCUT2D eigenvalue weighted by Gasteiger charge is 2.46. The van der Waals surface area contributed by atoms with Crippen molar-refractivity contribution in [2.75, 3.05) is 12.0 Å². The van der Waals surface area contributed by atoms with Crippen LogP contribution in [0.3, 0.4) is 0 Å². The van der Waals surface area contributed by atoms with Gasteiger partial charge in [0.15, 0.2) is 0 Å². The molecule has 17 heavy (non-hydrogen) atoms. The number of sulfone groups is 1. The van der Waals surface area contributed by atoms with Crippen LogP contribution in [0.5, 0.6) is 0 Å². The zero-order valence-electron chi connectivity index (χ0n) is 8.83. The van der Waals surface area contributed by atoms with Crippen LogP contribution in [0.2, 0.25) is 0 Å². The Morgan fingerprint density at radius 1 is 1.29 bits per heavy atom. The van der Waals surface area contributed by atoms with Gasteiger partial charge in [0.25, 0.3) is 0 Å². The molecule has 0 aliphatic heterocycles. The zero-order chi connectivity index (χ0) is 14.1. The van der Waals surface area contributed by atoms with Crippen LogP contribution in [0.4, 0.5) is 13.2 Å². The van der Waals surface area contributed by atoms with E-state index in [0.29, 0.717) is 13.2 Å². The Balaban J connectivity index is 5.14. The third kappa shape index (κ3) is 5.02. The maximum Gasteiger partial charge on any atom is 0.471 e. The van der Waals surface area contributed by atoms with E-state index in [1.54, 1.807) is 0 Å². The summed E-state index contributed by atoms with van der Waals surface area (Å²) >= 11 is 0. The molecule has 0 aromatic rings. The molecule has 100 valence electrons. The Hall–Kier alpha value is -1.32. The molecule has 0 rings (SSSR count). The second kappa shape index (κ2) is 4.51. The average molecular weight is 277 g/mol. The van der Waals surface area contributed by atoms with E-state index in [1.165, 1.54) is 0 Å². The van der Waals surface area contributed by atoms with Crippen molar-refractivity contribution in [3.8, 4) is 0 Å². The molecule has 6 nitrogen and oxygen atoms in total. The van der Waals surface area contributed by atoms with Gasteiger partial charge in [0.05, 0.1) is 5.75 Å². The molecule has 0 fully saturated rings. The lowest BCUT2D eigenvalue weighted by Crippen LogP contribution is -2.59. The van der Waals surface area contributed by atoms with E-state index in [0.717, 1.165) is 5.32 Å². The number of carbonyl (C=O) groups is 2. The van der Waals surface area contributed by atoms with Gasteiger partial charge in [-0.1, -0.05) is 0 Å². The monoisotopic (exact) mass is 277 g/mol. The third-order valence-corrected chi connectivity index (χ3v) is 2.77. The van der Waals surface area contributed by atoms with E-state index < -0.39 is 39.2 Å². The van der Waals surface area contributed by atoms with Crippen molar-refractivity contribution in [2.24, 2.45) is 0 Å². The SMILES string of the molecule is CC(CS(C)(=O)=O)(NC(=O)C(F)(F)F)C(=O)O. The van der Waals surface area contributed by atoms with Gasteiger partial charge in [-0.2, -0.15) is 13.2 Å². The van der Waals surface area contributed by atoms with E-state index in [4.69, 9.17) is 5.11 Å². The van der Waals surface area contributed by atoms with Crippen molar-refractivity contribution < 1.29 is 36.3 Å². The molecule has 0 spiro atoms. The summed E-state index contributed by atoms with van der Waals surface area (Å²) in [7, 11) is -3.88. The molecular weight excluding hydrogens is 267 g/mol. The highest BCUT2D eigenvalue weighted by atomic mass is 32.2. The second-order valence-electron chi connectivity index (χ2n) is 3.66. The number of nitrogens with one attached hydrogen (secondary N) is 1. The topological polar surface area (TPSA) is 101 Å². The lowest BCUT2D eigenvalue weighted by atomic mass is 10.1. The molecule has 0 saturated carbocycles. The first kappa shape index (κ1) is 15.7. The summed E-state index contributed by atoms with van der Waals surface area (Å²) in [6.45, 7) is 0.681. The smallest absolute Gasteiger partial charge is 0.471 e. The molecule has 0 aromatic carbocycles. The van der Waals surface area contributed by atoms with E-state index in [2.05, 4.69) is 0 Å². The largest absolute Gasteiger partial charge is 0.479 e. The molecule has 1 unspecified atom stereocenters. The van der Waals surface area contributed by atoms with E-state index in [-0.39, 0.29) is 0 Å². The highest BCUT2D eigenvalue weighted by Crippen LogP contribution is 2.17. The van der Waals surface area contributed by atoms with Gasteiger partial charge in [0, 0.05) is 6.26 Å². The summed E-state index contributed by atoms with van der Waals surface area (Å²) in [5.74, 6) is -5.52. The summed E-state index contributed by atoms with van der Waals surface area (Å²) in [5.41, 5.74) is -2.53. The molecule has 0 heterocycles. The number of hydrogen-bond donors (Lipinski definition) is 2. The van der Waals surface area contributed by atoms with Gasteiger partial charge in [-0.25, -0.2) is 13.2 Å². The normalized spacial score (nSPS) is 16.1. The summed E-state index contributed by atoms with van der Waals surface area (Å²) in [6.07, 6.45) is -4.64. The van der Waals surface area contributed by atoms with Gasteiger partial charge < -0.3 is 10.4 Å². The van der Waals surface area contributed by atoms with Crippen LogP contribution in [-0.4, -0.2) is 49.1 Å². The minimum atomic E-state index is -5.28. The fourth-order valence-electron chi connectivity index (χ4n) is 0.997. The zero-order valence-corrected chi connectivity index (χ0v) is 9.65. The Kier molecular flexibility index (Phi) is 4.16. The standard InChI is InChI=1S/C7H10F3NO5S/c1-6(5(13)14,3-17(2,15)16)11-4(12)7(8,9)10/h3H2,1-2H3,(H,11,12)(H,13,14). The van der Waals surface area contributed by atoms with Crippen LogP contribution in [0.15, 0.2) is 0 Å². The molecule has 0 saturated heterocycles. The highest BCUT2D eigenvalue weighted by molar-refractivity contribution is 7.90. The lowest BCUT2D eigenvalue weighted by molar-refractivity contribution is -0.177. The van der Waals surface area contributed by atoms with Crippen molar-refractivity contribution in [3.05, 3.63) is 0 Å². The first-order valence-corrected chi connectivity index (χ1v) is 6.14. The van der Waals surface area contributed by atoms with E-state index in [9.17, 15) is 31.2 Å². The van der Waals surface area contributed by atoms with Crippen LogP contribution in [0.1, 0.15) is 6.92 Å². The van der Waals surface area contributed by atoms with Gasteiger partial charge in [0.1, 0.15) is 15.4 Å².